The molecule has 1 aliphatic heterocycles. The molecule has 0 aromatic carbocycles. The fourth-order valence-corrected chi connectivity index (χ4v) is 2.23. The van der Waals surface area contributed by atoms with Gasteiger partial charge in [-0.25, -0.2) is 4.79 Å². The largest absolute Gasteiger partial charge is 0.465 e. The van der Waals surface area contributed by atoms with Crippen LogP contribution in [0.5, 0.6) is 0 Å². The normalized spacial score (nSPS) is 25.7. The average Bonchev–Trinajstić information content (AvgIpc) is 3.11. The van der Waals surface area contributed by atoms with Crippen LogP contribution in [-0.4, -0.2) is 52.6 Å². The average molecular weight is 226 g/mol. The fourth-order valence-electron chi connectivity index (χ4n) is 2.23. The SMILES string of the molecule is CC[C@H]1CN(C(=O)O)CCN1C(=O)C1CC1. The van der Waals surface area contributed by atoms with Crippen LogP contribution in [0.4, 0.5) is 4.79 Å². The lowest BCUT2D eigenvalue weighted by Crippen LogP contribution is -2.56. The van der Waals surface area contributed by atoms with Crippen LogP contribution in [0.1, 0.15) is 26.2 Å². The Morgan fingerprint density at radius 3 is 2.50 bits per heavy atom. The summed E-state index contributed by atoms with van der Waals surface area (Å²) in [6.07, 6.45) is 1.96. The Bertz CT molecular complexity index is 302. The van der Waals surface area contributed by atoms with Gasteiger partial charge in [0.25, 0.3) is 0 Å². The van der Waals surface area contributed by atoms with E-state index in [2.05, 4.69) is 0 Å². The van der Waals surface area contributed by atoms with E-state index >= 15 is 0 Å². The number of nitrogens with zero attached hydrogens (tertiary/aromatic N) is 2. The Morgan fingerprint density at radius 2 is 2.00 bits per heavy atom. The molecule has 0 aromatic heterocycles. The summed E-state index contributed by atoms with van der Waals surface area (Å²) in [5.41, 5.74) is 0. The van der Waals surface area contributed by atoms with Crippen molar-refractivity contribution in [3.63, 3.8) is 0 Å². The van der Waals surface area contributed by atoms with Gasteiger partial charge in [-0.15, -0.1) is 0 Å². The first kappa shape index (κ1) is 11.2. The van der Waals surface area contributed by atoms with E-state index in [1.807, 2.05) is 11.8 Å². The number of hydrogen-bond donors (Lipinski definition) is 1. The number of piperazine rings is 1. The lowest BCUT2D eigenvalue weighted by Gasteiger charge is -2.40. The van der Waals surface area contributed by atoms with E-state index in [9.17, 15) is 9.59 Å². The molecule has 1 heterocycles. The highest BCUT2D eigenvalue weighted by Crippen LogP contribution is 2.32. The molecule has 0 spiro atoms. The first-order valence-electron chi connectivity index (χ1n) is 5.91. The standard InChI is InChI=1S/C11H18N2O3/c1-2-9-7-12(11(15)16)5-6-13(9)10(14)8-3-4-8/h8-9H,2-7H2,1H3,(H,15,16)/t9-/m0/s1. The third kappa shape index (κ3) is 2.13. The van der Waals surface area contributed by atoms with E-state index < -0.39 is 6.09 Å². The van der Waals surface area contributed by atoms with Crippen molar-refractivity contribution < 1.29 is 14.7 Å². The Kier molecular flexibility index (Phi) is 3.03. The van der Waals surface area contributed by atoms with Crippen molar-refractivity contribution in [2.75, 3.05) is 19.6 Å². The maximum atomic E-state index is 12.0. The number of carboxylic acid groups (broad SMARTS) is 1. The Morgan fingerprint density at radius 1 is 1.31 bits per heavy atom. The topological polar surface area (TPSA) is 60.9 Å². The summed E-state index contributed by atoms with van der Waals surface area (Å²) in [4.78, 5) is 26.1. The highest BCUT2D eigenvalue weighted by Gasteiger charge is 2.38. The van der Waals surface area contributed by atoms with Crippen LogP contribution in [-0.2, 0) is 4.79 Å². The summed E-state index contributed by atoms with van der Waals surface area (Å²) < 4.78 is 0. The van der Waals surface area contributed by atoms with E-state index in [-0.39, 0.29) is 17.9 Å². The summed E-state index contributed by atoms with van der Waals surface area (Å²) in [6, 6.07) is 0.0675. The second-order valence-electron chi connectivity index (χ2n) is 4.60. The van der Waals surface area contributed by atoms with Crippen molar-refractivity contribution in [2.24, 2.45) is 5.92 Å². The molecule has 0 aromatic rings. The second kappa shape index (κ2) is 4.31. The van der Waals surface area contributed by atoms with E-state index in [0.717, 1.165) is 19.3 Å². The number of carbonyl (C=O) groups excluding carboxylic acids is 1. The highest BCUT2D eigenvalue weighted by molar-refractivity contribution is 5.81. The van der Waals surface area contributed by atoms with Gasteiger partial charge in [-0.05, 0) is 19.3 Å². The minimum absolute atomic E-state index is 0.0675. The summed E-state index contributed by atoms with van der Waals surface area (Å²) in [5.74, 6) is 0.460. The zero-order valence-corrected chi connectivity index (χ0v) is 9.56. The molecule has 5 nitrogen and oxygen atoms in total. The molecular weight excluding hydrogens is 208 g/mol. The van der Waals surface area contributed by atoms with Crippen LogP contribution in [0.25, 0.3) is 0 Å². The summed E-state index contributed by atoms with van der Waals surface area (Å²) >= 11 is 0. The zero-order valence-electron chi connectivity index (χ0n) is 9.56. The van der Waals surface area contributed by atoms with Crippen LogP contribution in [0.2, 0.25) is 0 Å². The molecule has 5 heteroatoms. The molecule has 2 amide bonds. The van der Waals surface area contributed by atoms with Gasteiger partial charge in [-0.3, -0.25) is 4.79 Å². The molecule has 2 aliphatic rings. The van der Waals surface area contributed by atoms with E-state index in [0.29, 0.717) is 19.6 Å². The summed E-state index contributed by atoms with van der Waals surface area (Å²) in [7, 11) is 0. The van der Waals surface area contributed by atoms with Crippen molar-refractivity contribution in [3.8, 4) is 0 Å². The van der Waals surface area contributed by atoms with Gasteiger partial charge in [-0.1, -0.05) is 6.92 Å². The van der Waals surface area contributed by atoms with Gasteiger partial charge in [0, 0.05) is 31.6 Å². The Hall–Kier alpha value is -1.26. The predicted molar refractivity (Wildman–Crippen MR) is 58.1 cm³/mol. The molecule has 1 aliphatic carbocycles. The molecule has 0 unspecified atom stereocenters. The molecule has 16 heavy (non-hydrogen) atoms. The minimum atomic E-state index is -0.878. The van der Waals surface area contributed by atoms with Crippen molar-refractivity contribution >= 4 is 12.0 Å². The van der Waals surface area contributed by atoms with Crippen molar-refractivity contribution in [2.45, 2.75) is 32.2 Å². The first-order chi connectivity index (χ1) is 7.63. The van der Waals surface area contributed by atoms with Crippen molar-refractivity contribution in [3.05, 3.63) is 0 Å². The lowest BCUT2D eigenvalue weighted by molar-refractivity contribution is -0.137. The van der Waals surface area contributed by atoms with Crippen LogP contribution in [0, 0.1) is 5.92 Å². The highest BCUT2D eigenvalue weighted by atomic mass is 16.4. The summed E-state index contributed by atoms with van der Waals surface area (Å²) in [6.45, 7) is 3.47. The fraction of sp³-hybridized carbons (Fsp3) is 0.818. The van der Waals surface area contributed by atoms with Crippen molar-refractivity contribution in [1.82, 2.24) is 9.80 Å². The number of carbonyl (C=O) groups is 2. The Labute approximate surface area is 95.0 Å². The van der Waals surface area contributed by atoms with Gasteiger partial charge in [0.2, 0.25) is 5.91 Å². The molecule has 0 bridgehead atoms. The molecule has 2 rings (SSSR count). The zero-order chi connectivity index (χ0) is 11.7. The van der Waals surface area contributed by atoms with E-state index in [1.165, 1.54) is 4.90 Å². The Balaban J connectivity index is 1.99. The molecule has 0 radical (unpaired) electrons. The van der Waals surface area contributed by atoms with Gasteiger partial charge in [0.1, 0.15) is 0 Å². The predicted octanol–water partition coefficient (Wildman–Crippen LogP) is 0.997. The van der Waals surface area contributed by atoms with Crippen LogP contribution in [0.3, 0.4) is 0 Å². The first-order valence-corrected chi connectivity index (χ1v) is 5.91. The second-order valence-corrected chi connectivity index (χ2v) is 4.60. The van der Waals surface area contributed by atoms with Gasteiger partial charge in [0.05, 0.1) is 0 Å². The smallest absolute Gasteiger partial charge is 0.407 e. The molecule has 1 N–H and O–H groups in total. The van der Waals surface area contributed by atoms with E-state index in [4.69, 9.17) is 5.11 Å². The van der Waals surface area contributed by atoms with Gasteiger partial charge < -0.3 is 14.9 Å². The van der Waals surface area contributed by atoms with Crippen LogP contribution >= 0.6 is 0 Å². The number of rotatable bonds is 2. The van der Waals surface area contributed by atoms with Crippen molar-refractivity contribution in [1.29, 1.82) is 0 Å². The molecule has 1 atom stereocenters. The molecular formula is C11H18N2O3. The van der Waals surface area contributed by atoms with Gasteiger partial charge in [-0.2, -0.15) is 0 Å². The third-order valence-corrected chi connectivity index (χ3v) is 3.43. The quantitative estimate of drug-likeness (QED) is 0.764. The van der Waals surface area contributed by atoms with Gasteiger partial charge in [0.15, 0.2) is 0 Å². The summed E-state index contributed by atoms with van der Waals surface area (Å²) in [5, 5.41) is 8.92. The minimum Gasteiger partial charge on any atom is -0.465 e. The van der Waals surface area contributed by atoms with Crippen LogP contribution in [0.15, 0.2) is 0 Å². The molecule has 90 valence electrons. The third-order valence-electron chi connectivity index (χ3n) is 3.43. The van der Waals surface area contributed by atoms with E-state index in [1.54, 1.807) is 0 Å². The van der Waals surface area contributed by atoms with Crippen LogP contribution < -0.4 is 0 Å². The molecule has 2 fully saturated rings. The van der Waals surface area contributed by atoms with Gasteiger partial charge >= 0.3 is 6.09 Å². The molecule has 1 saturated carbocycles. The maximum absolute atomic E-state index is 12.0. The maximum Gasteiger partial charge on any atom is 0.407 e. The lowest BCUT2D eigenvalue weighted by atomic mass is 10.1. The monoisotopic (exact) mass is 226 g/mol. The number of amides is 2. The molecule has 1 saturated heterocycles. The number of hydrogen-bond acceptors (Lipinski definition) is 2.